The Morgan fingerprint density at radius 2 is 2.00 bits per heavy atom. The third-order valence-electron chi connectivity index (χ3n) is 5.21. The molecule has 1 amide bonds. The van der Waals surface area contributed by atoms with Gasteiger partial charge in [0.2, 0.25) is 0 Å². The molecule has 0 aliphatic carbocycles. The van der Waals surface area contributed by atoms with Gasteiger partial charge in [0.05, 0.1) is 0 Å². The first-order valence-corrected chi connectivity index (χ1v) is 9.35. The molecule has 1 heterocycles. The highest BCUT2D eigenvalue weighted by Gasteiger charge is 2.27. The zero-order valence-corrected chi connectivity index (χ0v) is 16.0. The van der Waals surface area contributed by atoms with Gasteiger partial charge in [-0.25, -0.2) is 0 Å². The predicted octanol–water partition coefficient (Wildman–Crippen LogP) is 3.45. The number of aliphatic hydroxyl groups excluding tert-OH is 1. The first kappa shape index (κ1) is 18.9. The largest absolute Gasteiger partial charge is 0.396 e. The van der Waals surface area contributed by atoms with E-state index >= 15 is 0 Å². The summed E-state index contributed by atoms with van der Waals surface area (Å²) in [6, 6.07) is 13.8. The van der Waals surface area contributed by atoms with Crippen LogP contribution in [0.4, 0.5) is 0 Å². The number of hydrogen-bond acceptors (Lipinski definition) is 3. The summed E-state index contributed by atoms with van der Waals surface area (Å²) < 4.78 is 0. The standard InChI is InChI=1S/C21H25ClN2O2/c1-15-19(7-4-8-20(15)22)16-5-3-6-17(13-16)21(26)24-11-10-23(2)18(14-24)9-12-25/h3-8,13,18,25H,9-12,14H2,1-2H3/t18-/m0/s1. The average molecular weight is 373 g/mol. The van der Waals surface area contributed by atoms with E-state index in [4.69, 9.17) is 11.6 Å². The van der Waals surface area contributed by atoms with Gasteiger partial charge < -0.3 is 10.0 Å². The molecule has 0 unspecified atom stereocenters. The molecule has 2 aromatic rings. The number of hydrogen-bond donors (Lipinski definition) is 1. The van der Waals surface area contributed by atoms with Gasteiger partial charge in [-0.3, -0.25) is 9.69 Å². The molecule has 3 rings (SSSR count). The smallest absolute Gasteiger partial charge is 0.253 e. The Morgan fingerprint density at radius 3 is 2.77 bits per heavy atom. The van der Waals surface area contributed by atoms with E-state index in [9.17, 15) is 9.90 Å². The van der Waals surface area contributed by atoms with Crippen LogP contribution in [-0.2, 0) is 0 Å². The van der Waals surface area contributed by atoms with E-state index in [1.165, 1.54) is 0 Å². The van der Waals surface area contributed by atoms with Crippen molar-refractivity contribution in [3.8, 4) is 11.1 Å². The molecule has 0 aromatic heterocycles. The van der Waals surface area contributed by atoms with Crippen molar-refractivity contribution in [2.45, 2.75) is 19.4 Å². The van der Waals surface area contributed by atoms with Crippen LogP contribution in [0.5, 0.6) is 0 Å². The quantitative estimate of drug-likeness (QED) is 0.893. The fourth-order valence-corrected chi connectivity index (χ4v) is 3.69. The van der Waals surface area contributed by atoms with Gasteiger partial charge in [-0.05, 0) is 55.3 Å². The number of nitrogens with zero attached hydrogens (tertiary/aromatic N) is 2. The monoisotopic (exact) mass is 372 g/mol. The number of likely N-dealkylation sites (N-methyl/N-ethyl adjacent to an activating group) is 1. The summed E-state index contributed by atoms with van der Waals surface area (Å²) in [5, 5.41) is 9.98. The van der Waals surface area contributed by atoms with Crippen LogP contribution in [-0.4, -0.2) is 60.1 Å². The molecule has 1 N–H and O–H groups in total. The second kappa shape index (κ2) is 8.21. The van der Waals surface area contributed by atoms with Gasteiger partial charge in [0.15, 0.2) is 0 Å². The fraction of sp³-hybridized carbons (Fsp3) is 0.381. The molecule has 1 aliphatic rings. The lowest BCUT2D eigenvalue weighted by Crippen LogP contribution is -2.53. The highest BCUT2D eigenvalue weighted by molar-refractivity contribution is 6.31. The van der Waals surface area contributed by atoms with Crippen molar-refractivity contribution >= 4 is 17.5 Å². The number of benzene rings is 2. The maximum atomic E-state index is 13.0. The van der Waals surface area contributed by atoms with Crippen molar-refractivity contribution in [3.63, 3.8) is 0 Å². The van der Waals surface area contributed by atoms with Gasteiger partial charge in [-0.2, -0.15) is 0 Å². The summed E-state index contributed by atoms with van der Waals surface area (Å²) >= 11 is 6.25. The molecule has 0 radical (unpaired) electrons. The number of carbonyl (C=O) groups excluding carboxylic acids is 1. The molecule has 4 nitrogen and oxygen atoms in total. The molecule has 2 aromatic carbocycles. The minimum atomic E-state index is 0.0440. The van der Waals surface area contributed by atoms with Crippen LogP contribution in [0.2, 0.25) is 5.02 Å². The molecular weight excluding hydrogens is 348 g/mol. The van der Waals surface area contributed by atoms with E-state index in [1.54, 1.807) is 0 Å². The molecular formula is C21H25ClN2O2. The Kier molecular flexibility index (Phi) is 5.97. The Labute approximate surface area is 160 Å². The lowest BCUT2D eigenvalue weighted by Gasteiger charge is -2.39. The molecule has 1 saturated heterocycles. The first-order valence-electron chi connectivity index (χ1n) is 8.97. The SMILES string of the molecule is Cc1c(Cl)cccc1-c1cccc(C(=O)N2CCN(C)[C@@H](CCO)C2)c1. The van der Waals surface area contributed by atoms with Crippen molar-refractivity contribution in [1.29, 1.82) is 0 Å². The van der Waals surface area contributed by atoms with Crippen LogP contribution >= 0.6 is 11.6 Å². The lowest BCUT2D eigenvalue weighted by atomic mass is 9.98. The molecule has 0 bridgehead atoms. The second-order valence-electron chi connectivity index (χ2n) is 6.89. The third-order valence-corrected chi connectivity index (χ3v) is 5.62. The van der Waals surface area contributed by atoms with E-state index in [1.807, 2.05) is 61.3 Å². The van der Waals surface area contributed by atoms with E-state index in [-0.39, 0.29) is 18.6 Å². The van der Waals surface area contributed by atoms with E-state index < -0.39 is 0 Å². The van der Waals surface area contributed by atoms with Gasteiger partial charge in [-0.1, -0.05) is 35.9 Å². The Hall–Kier alpha value is -1.88. The van der Waals surface area contributed by atoms with E-state index in [0.717, 1.165) is 28.3 Å². The van der Waals surface area contributed by atoms with Crippen molar-refractivity contribution < 1.29 is 9.90 Å². The number of piperazine rings is 1. The summed E-state index contributed by atoms with van der Waals surface area (Å²) in [5.41, 5.74) is 3.75. The predicted molar refractivity (Wildman–Crippen MR) is 106 cm³/mol. The normalized spacial score (nSPS) is 18.2. The van der Waals surface area contributed by atoms with Gasteiger partial charge in [0, 0.05) is 42.9 Å². The topological polar surface area (TPSA) is 43.8 Å². The number of rotatable bonds is 4. The number of carbonyl (C=O) groups is 1. The third kappa shape index (κ3) is 3.93. The zero-order chi connectivity index (χ0) is 18.7. The minimum Gasteiger partial charge on any atom is -0.396 e. The summed E-state index contributed by atoms with van der Waals surface area (Å²) in [5.74, 6) is 0.0440. The minimum absolute atomic E-state index is 0.0440. The van der Waals surface area contributed by atoms with Crippen molar-refractivity contribution in [1.82, 2.24) is 9.80 Å². The van der Waals surface area contributed by atoms with E-state index in [0.29, 0.717) is 25.1 Å². The summed E-state index contributed by atoms with van der Waals surface area (Å²) in [4.78, 5) is 17.1. The van der Waals surface area contributed by atoms with E-state index in [2.05, 4.69) is 4.90 Å². The average Bonchev–Trinajstić information content (AvgIpc) is 2.65. The highest BCUT2D eigenvalue weighted by Crippen LogP contribution is 2.29. The van der Waals surface area contributed by atoms with Gasteiger partial charge >= 0.3 is 0 Å². The molecule has 5 heteroatoms. The molecule has 0 spiro atoms. The van der Waals surface area contributed by atoms with Crippen LogP contribution < -0.4 is 0 Å². The summed E-state index contributed by atoms with van der Waals surface area (Å²) in [6.07, 6.45) is 0.683. The van der Waals surface area contributed by atoms with Crippen LogP contribution in [0.1, 0.15) is 22.3 Å². The number of aliphatic hydroxyl groups is 1. The first-order chi connectivity index (χ1) is 12.5. The molecule has 138 valence electrons. The van der Waals surface area contributed by atoms with Crippen molar-refractivity contribution in [2.24, 2.45) is 0 Å². The van der Waals surface area contributed by atoms with Crippen LogP contribution in [0.15, 0.2) is 42.5 Å². The Bertz CT molecular complexity index is 793. The van der Waals surface area contributed by atoms with Crippen molar-refractivity contribution in [3.05, 3.63) is 58.6 Å². The maximum Gasteiger partial charge on any atom is 0.253 e. The zero-order valence-electron chi connectivity index (χ0n) is 15.3. The fourth-order valence-electron chi connectivity index (χ4n) is 3.51. The molecule has 26 heavy (non-hydrogen) atoms. The van der Waals surface area contributed by atoms with Crippen LogP contribution in [0.3, 0.4) is 0 Å². The van der Waals surface area contributed by atoms with Crippen molar-refractivity contribution in [2.75, 3.05) is 33.3 Å². The van der Waals surface area contributed by atoms with Gasteiger partial charge in [0.25, 0.3) is 5.91 Å². The highest BCUT2D eigenvalue weighted by atomic mass is 35.5. The Morgan fingerprint density at radius 1 is 1.23 bits per heavy atom. The molecule has 0 saturated carbocycles. The van der Waals surface area contributed by atoms with Gasteiger partial charge in [0.1, 0.15) is 0 Å². The van der Waals surface area contributed by atoms with Gasteiger partial charge in [-0.15, -0.1) is 0 Å². The van der Waals surface area contributed by atoms with Crippen LogP contribution in [0, 0.1) is 6.92 Å². The Balaban J connectivity index is 1.84. The molecule has 1 fully saturated rings. The molecule has 1 aliphatic heterocycles. The maximum absolute atomic E-state index is 13.0. The summed E-state index contributed by atoms with van der Waals surface area (Å²) in [7, 11) is 2.05. The number of amides is 1. The summed E-state index contributed by atoms with van der Waals surface area (Å²) in [6.45, 7) is 4.31. The number of halogens is 1. The molecule has 1 atom stereocenters. The van der Waals surface area contributed by atoms with Crippen LogP contribution in [0.25, 0.3) is 11.1 Å². The lowest BCUT2D eigenvalue weighted by molar-refractivity contribution is 0.0500. The second-order valence-corrected chi connectivity index (χ2v) is 7.30.